The van der Waals surface area contributed by atoms with Gasteiger partial charge < -0.3 is 14.8 Å². The molecule has 0 saturated carbocycles. The van der Waals surface area contributed by atoms with Crippen LogP contribution in [0, 0.1) is 0 Å². The van der Waals surface area contributed by atoms with Crippen molar-refractivity contribution in [3.05, 3.63) is 57.2 Å². The molecular weight excluding hydrogens is 398 g/mol. The summed E-state index contributed by atoms with van der Waals surface area (Å²) in [6, 6.07) is 8.82. The van der Waals surface area contributed by atoms with Gasteiger partial charge in [0, 0.05) is 15.8 Å². The Hall–Kier alpha value is -2.91. The normalized spacial score (nSPS) is 10.4. The van der Waals surface area contributed by atoms with Crippen LogP contribution in [0.25, 0.3) is 0 Å². The highest BCUT2D eigenvalue weighted by Gasteiger charge is 2.14. The first-order valence-corrected chi connectivity index (χ1v) is 10.1. The van der Waals surface area contributed by atoms with E-state index >= 15 is 0 Å². The Labute approximate surface area is 170 Å². The summed E-state index contributed by atoms with van der Waals surface area (Å²) >= 11 is 2.86. The van der Waals surface area contributed by atoms with Crippen molar-refractivity contribution in [2.24, 2.45) is 0 Å². The highest BCUT2D eigenvalue weighted by Crippen LogP contribution is 2.28. The molecule has 3 aromatic rings. The zero-order valence-corrected chi connectivity index (χ0v) is 17.0. The number of aromatic nitrogens is 1. The molecule has 3 rings (SSSR count). The molecule has 0 aliphatic heterocycles. The van der Waals surface area contributed by atoms with Gasteiger partial charge in [0.2, 0.25) is 5.91 Å². The van der Waals surface area contributed by atoms with Gasteiger partial charge in [-0.05, 0) is 29.6 Å². The lowest BCUT2D eigenvalue weighted by molar-refractivity contribution is -0.120. The molecule has 9 heteroatoms. The summed E-state index contributed by atoms with van der Waals surface area (Å²) in [5.41, 5.74) is 1.03. The molecule has 0 aliphatic carbocycles. The van der Waals surface area contributed by atoms with Crippen molar-refractivity contribution in [1.29, 1.82) is 0 Å². The smallest absolute Gasteiger partial charge is 0.257 e. The maximum absolute atomic E-state index is 12.4. The van der Waals surface area contributed by atoms with Crippen molar-refractivity contribution < 1.29 is 19.1 Å². The molecule has 0 bridgehead atoms. The van der Waals surface area contributed by atoms with Gasteiger partial charge in [0.25, 0.3) is 5.91 Å². The van der Waals surface area contributed by atoms with E-state index in [0.29, 0.717) is 34.4 Å². The van der Waals surface area contributed by atoms with Crippen LogP contribution in [-0.2, 0) is 17.8 Å². The van der Waals surface area contributed by atoms with Gasteiger partial charge in [0.15, 0.2) is 16.6 Å². The van der Waals surface area contributed by atoms with Crippen LogP contribution in [0.2, 0.25) is 0 Å². The summed E-state index contributed by atoms with van der Waals surface area (Å²) in [5.74, 6) is 0.585. The number of ether oxygens (including phenoxy) is 2. The first-order valence-electron chi connectivity index (χ1n) is 8.36. The van der Waals surface area contributed by atoms with Crippen LogP contribution < -0.4 is 20.1 Å². The number of hydrogen-bond donors (Lipinski definition) is 2. The number of thiazole rings is 1. The van der Waals surface area contributed by atoms with Crippen LogP contribution in [0.4, 0.5) is 5.13 Å². The molecule has 2 N–H and O–H groups in total. The SMILES string of the molecule is COc1ccc(C(=O)Nc2nc(CC(=O)NCc3cccs3)cs2)cc1OC. The topological polar surface area (TPSA) is 89.5 Å². The van der Waals surface area contributed by atoms with E-state index in [1.54, 1.807) is 34.9 Å². The summed E-state index contributed by atoms with van der Waals surface area (Å²) in [4.78, 5) is 29.9. The minimum absolute atomic E-state index is 0.114. The molecule has 0 spiro atoms. The second-order valence-electron chi connectivity index (χ2n) is 5.70. The van der Waals surface area contributed by atoms with E-state index in [9.17, 15) is 9.59 Å². The van der Waals surface area contributed by atoms with Gasteiger partial charge in [0.1, 0.15) is 0 Å². The number of benzene rings is 1. The Kier molecular flexibility index (Phi) is 6.62. The van der Waals surface area contributed by atoms with Gasteiger partial charge in [-0.3, -0.25) is 14.9 Å². The molecule has 7 nitrogen and oxygen atoms in total. The molecule has 2 aromatic heterocycles. The first kappa shape index (κ1) is 19.8. The van der Waals surface area contributed by atoms with Crippen molar-refractivity contribution in [2.75, 3.05) is 19.5 Å². The van der Waals surface area contributed by atoms with Crippen LogP contribution >= 0.6 is 22.7 Å². The maximum atomic E-state index is 12.4. The van der Waals surface area contributed by atoms with E-state index in [1.165, 1.54) is 25.6 Å². The van der Waals surface area contributed by atoms with Crippen molar-refractivity contribution in [1.82, 2.24) is 10.3 Å². The summed E-state index contributed by atoms with van der Waals surface area (Å²) in [7, 11) is 3.04. The Balaban J connectivity index is 1.56. The first-order chi connectivity index (χ1) is 13.6. The van der Waals surface area contributed by atoms with Crippen molar-refractivity contribution in [3.8, 4) is 11.5 Å². The molecule has 0 unspecified atom stereocenters. The molecule has 146 valence electrons. The van der Waals surface area contributed by atoms with Gasteiger partial charge in [-0.15, -0.1) is 22.7 Å². The lowest BCUT2D eigenvalue weighted by atomic mass is 10.2. The Morgan fingerprint density at radius 1 is 1.11 bits per heavy atom. The number of anilines is 1. The lowest BCUT2D eigenvalue weighted by Gasteiger charge is -2.09. The van der Waals surface area contributed by atoms with E-state index < -0.39 is 0 Å². The Morgan fingerprint density at radius 3 is 2.64 bits per heavy atom. The van der Waals surface area contributed by atoms with Crippen molar-refractivity contribution in [3.63, 3.8) is 0 Å². The van der Waals surface area contributed by atoms with E-state index in [0.717, 1.165) is 4.88 Å². The van der Waals surface area contributed by atoms with Gasteiger partial charge in [-0.1, -0.05) is 6.07 Å². The Bertz CT molecular complexity index is 954. The largest absolute Gasteiger partial charge is 0.493 e. The standard InChI is InChI=1S/C19H19N3O4S2/c1-25-15-6-5-12(8-16(15)26-2)18(24)22-19-21-13(11-28-19)9-17(23)20-10-14-4-3-7-27-14/h3-8,11H,9-10H2,1-2H3,(H,20,23)(H,21,22,24). The third kappa shape index (κ3) is 5.08. The minimum atomic E-state index is -0.316. The Morgan fingerprint density at radius 2 is 1.93 bits per heavy atom. The number of hydrogen-bond acceptors (Lipinski definition) is 7. The number of carbonyl (C=O) groups excluding carboxylic acids is 2. The molecule has 0 radical (unpaired) electrons. The fourth-order valence-electron chi connectivity index (χ4n) is 2.42. The van der Waals surface area contributed by atoms with E-state index in [1.807, 2.05) is 17.5 Å². The summed E-state index contributed by atoms with van der Waals surface area (Å²) < 4.78 is 10.4. The second-order valence-corrected chi connectivity index (χ2v) is 7.59. The number of methoxy groups -OCH3 is 2. The van der Waals surface area contributed by atoms with E-state index in [4.69, 9.17) is 9.47 Å². The molecular formula is C19H19N3O4S2. The van der Waals surface area contributed by atoms with Crippen LogP contribution in [0.1, 0.15) is 20.9 Å². The highest BCUT2D eigenvalue weighted by molar-refractivity contribution is 7.14. The number of nitrogens with one attached hydrogen (secondary N) is 2. The summed E-state index contributed by atoms with van der Waals surface area (Å²) in [5, 5.41) is 9.75. The quantitative estimate of drug-likeness (QED) is 0.587. The average Bonchev–Trinajstić information content (AvgIpc) is 3.37. The monoisotopic (exact) mass is 417 g/mol. The van der Waals surface area contributed by atoms with Crippen molar-refractivity contribution in [2.45, 2.75) is 13.0 Å². The van der Waals surface area contributed by atoms with Gasteiger partial charge in [0.05, 0.1) is 32.9 Å². The maximum Gasteiger partial charge on any atom is 0.257 e. The fourth-order valence-corrected chi connectivity index (χ4v) is 3.77. The van der Waals surface area contributed by atoms with Gasteiger partial charge >= 0.3 is 0 Å². The molecule has 0 atom stereocenters. The third-order valence-corrected chi connectivity index (χ3v) is 5.48. The minimum Gasteiger partial charge on any atom is -0.493 e. The second kappa shape index (κ2) is 9.34. The number of carbonyl (C=O) groups is 2. The predicted molar refractivity (Wildman–Crippen MR) is 109 cm³/mol. The third-order valence-electron chi connectivity index (χ3n) is 3.80. The molecule has 2 heterocycles. The fraction of sp³-hybridized carbons (Fsp3) is 0.211. The molecule has 0 aliphatic rings. The van der Waals surface area contributed by atoms with E-state index in [2.05, 4.69) is 15.6 Å². The van der Waals surface area contributed by atoms with Crippen LogP contribution in [-0.4, -0.2) is 31.0 Å². The molecule has 2 amide bonds. The van der Waals surface area contributed by atoms with Crippen LogP contribution in [0.5, 0.6) is 11.5 Å². The predicted octanol–water partition coefficient (Wildman–Crippen LogP) is 3.33. The van der Waals surface area contributed by atoms with Crippen LogP contribution in [0.3, 0.4) is 0 Å². The molecule has 1 aromatic carbocycles. The zero-order chi connectivity index (χ0) is 19.9. The zero-order valence-electron chi connectivity index (χ0n) is 15.4. The summed E-state index contributed by atoms with van der Waals surface area (Å²) in [6.45, 7) is 0.504. The average molecular weight is 418 g/mol. The number of nitrogens with zero attached hydrogens (tertiary/aromatic N) is 1. The summed E-state index contributed by atoms with van der Waals surface area (Å²) in [6.07, 6.45) is 0.161. The van der Waals surface area contributed by atoms with Crippen LogP contribution in [0.15, 0.2) is 41.1 Å². The molecule has 28 heavy (non-hydrogen) atoms. The molecule has 0 fully saturated rings. The molecule has 0 saturated heterocycles. The van der Waals surface area contributed by atoms with Gasteiger partial charge in [-0.25, -0.2) is 4.98 Å². The number of thiophene rings is 1. The van der Waals surface area contributed by atoms with E-state index in [-0.39, 0.29) is 18.2 Å². The van der Waals surface area contributed by atoms with Crippen molar-refractivity contribution >= 4 is 39.6 Å². The lowest BCUT2D eigenvalue weighted by Crippen LogP contribution is -2.24. The number of amides is 2. The highest BCUT2D eigenvalue weighted by atomic mass is 32.1. The number of rotatable bonds is 8. The van der Waals surface area contributed by atoms with Gasteiger partial charge in [-0.2, -0.15) is 0 Å².